The second-order valence-electron chi connectivity index (χ2n) is 6.69. The van der Waals surface area contributed by atoms with Gasteiger partial charge in [-0.25, -0.2) is 17.8 Å². The zero-order valence-corrected chi connectivity index (χ0v) is 16.2. The molecule has 146 valence electrons. The van der Waals surface area contributed by atoms with Gasteiger partial charge < -0.3 is 5.32 Å². The van der Waals surface area contributed by atoms with Gasteiger partial charge in [0.2, 0.25) is 10.0 Å². The summed E-state index contributed by atoms with van der Waals surface area (Å²) in [4.78, 5) is 0.330. The Hall–Kier alpha value is -2.78. The number of benzene rings is 1. The lowest BCUT2D eigenvalue weighted by molar-refractivity contribution is 0.582. The van der Waals surface area contributed by atoms with E-state index in [4.69, 9.17) is 0 Å². The number of nitrogens with zero attached hydrogens (tertiary/aromatic N) is 4. The standard InChI is InChI=1S/C19H22N6O2S/c26-28(27,17-7-6-15-4-1-2-5-16(15)14-17)22-12-11-20-18-8-9-19(24-23-18)25-13-3-10-21-25/h3,6-10,13-14,22H,1-2,4-5,11-12H2,(H,20,23). The SMILES string of the molecule is O=S(=O)(NCCNc1ccc(-n2cccn2)nn1)c1ccc2c(c1)CCCC2. The van der Waals surface area contributed by atoms with Crippen LogP contribution in [-0.2, 0) is 22.9 Å². The fourth-order valence-corrected chi connectivity index (χ4v) is 4.36. The molecule has 0 fully saturated rings. The first-order valence-electron chi connectivity index (χ1n) is 9.31. The highest BCUT2D eigenvalue weighted by atomic mass is 32.2. The van der Waals surface area contributed by atoms with E-state index in [-0.39, 0.29) is 6.54 Å². The van der Waals surface area contributed by atoms with Gasteiger partial charge in [0.05, 0.1) is 4.90 Å². The smallest absolute Gasteiger partial charge is 0.240 e. The van der Waals surface area contributed by atoms with Crippen LogP contribution in [0.5, 0.6) is 0 Å². The van der Waals surface area contributed by atoms with Crippen LogP contribution in [0.1, 0.15) is 24.0 Å². The third-order valence-corrected chi connectivity index (χ3v) is 6.20. The molecule has 1 aliphatic carbocycles. The number of sulfonamides is 1. The molecule has 0 atom stereocenters. The molecule has 2 aromatic heterocycles. The predicted octanol–water partition coefficient (Wildman–Crippen LogP) is 1.93. The quantitative estimate of drug-likeness (QED) is 0.590. The zero-order valence-electron chi connectivity index (χ0n) is 15.4. The topological polar surface area (TPSA) is 102 Å². The molecule has 8 nitrogen and oxygen atoms in total. The summed E-state index contributed by atoms with van der Waals surface area (Å²) in [5.41, 5.74) is 2.42. The second kappa shape index (κ2) is 8.07. The average Bonchev–Trinajstić information content (AvgIpc) is 3.26. The van der Waals surface area contributed by atoms with E-state index in [0.717, 1.165) is 24.8 Å². The number of nitrogens with one attached hydrogen (secondary N) is 2. The van der Waals surface area contributed by atoms with Crippen molar-refractivity contribution in [3.8, 4) is 5.82 Å². The Morgan fingerprint density at radius 1 is 1.00 bits per heavy atom. The summed E-state index contributed by atoms with van der Waals surface area (Å²) in [6, 6.07) is 10.8. The van der Waals surface area contributed by atoms with Gasteiger partial charge in [0.15, 0.2) is 5.82 Å². The number of rotatable bonds is 7. The van der Waals surface area contributed by atoms with Crippen LogP contribution >= 0.6 is 0 Å². The van der Waals surface area contributed by atoms with Crippen LogP contribution in [-0.4, -0.2) is 41.5 Å². The molecule has 0 amide bonds. The van der Waals surface area contributed by atoms with Gasteiger partial charge in [-0.05, 0) is 67.1 Å². The molecule has 2 N–H and O–H groups in total. The van der Waals surface area contributed by atoms with E-state index in [1.54, 1.807) is 35.3 Å². The largest absolute Gasteiger partial charge is 0.367 e. The monoisotopic (exact) mass is 398 g/mol. The van der Waals surface area contributed by atoms with Crippen LogP contribution in [0.3, 0.4) is 0 Å². The highest BCUT2D eigenvalue weighted by Gasteiger charge is 2.17. The van der Waals surface area contributed by atoms with Crippen molar-refractivity contribution < 1.29 is 8.42 Å². The van der Waals surface area contributed by atoms with Crippen molar-refractivity contribution in [2.24, 2.45) is 0 Å². The summed E-state index contributed by atoms with van der Waals surface area (Å²) < 4.78 is 29.3. The summed E-state index contributed by atoms with van der Waals surface area (Å²) in [6.07, 6.45) is 7.73. The molecule has 0 radical (unpaired) electrons. The van der Waals surface area contributed by atoms with Gasteiger partial charge in [0.25, 0.3) is 0 Å². The maximum absolute atomic E-state index is 12.5. The molecule has 2 heterocycles. The summed E-state index contributed by atoms with van der Waals surface area (Å²) >= 11 is 0. The minimum absolute atomic E-state index is 0.252. The summed E-state index contributed by atoms with van der Waals surface area (Å²) in [6.45, 7) is 0.655. The van der Waals surface area contributed by atoms with E-state index in [1.807, 2.05) is 18.2 Å². The fraction of sp³-hybridized carbons (Fsp3) is 0.316. The van der Waals surface area contributed by atoms with Crippen LogP contribution in [0.25, 0.3) is 5.82 Å². The lowest BCUT2D eigenvalue weighted by Crippen LogP contribution is -2.29. The molecule has 0 unspecified atom stereocenters. The van der Waals surface area contributed by atoms with E-state index >= 15 is 0 Å². The molecule has 3 aromatic rings. The molecule has 9 heteroatoms. The van der Waals surface area contributed by atoms with Crippen LogP contribution in [0.4, 0.5) is 5.82 Å². The number of fused-ring (bicyclic) bond motifs is 1. The third-order valence-electron chi connectivity index (χ3n) is 4.74. The molecule has 1 aliphatic rings. The van der Waals surface area contributed by atoms with Crippen LogP contribution in [0.15, 0.2) is 53.7 Å². The number of aromatic nitrogens is 4. The lowest BCUT2D eigenvalue weighted by atomic mass is 9.92. The van der Waals surface area contributed by atoms with Crippen molar-refractivity contribution in [1.82, 2.24) is 24.7 Å². The Morgan fingerprint density at radius 2 is 1.86 bits per heavy atom. The van der Waals surface area contributed by atoms with Gasteiger partial charge in [-0.15, -0.1) is 10.2 Å². The maximum Gasteiger partial charge on any atom is 0.240 e. The Labute approximate surface area is 164 Å². The van der Waals surface area contributed by atoms with Crippen molar-refractivity contribution in [3.05, 3.63) is 59.9 Å². The van der Waals surface area contributed by atoms with Crippen LogP contribution in [0.2, 0.25) is 0 Å². The Balaban J connectivity index is 1.31. The van der Waals surface area contributed by atoms with Gasteiger partial charge in [-0.2, -0.15) is 5.10 Å². The third kappa shape index (κ3) is 4.20. The molecule has 28 heavy (non-hydrogen) atoms. The molecule has 0 spiro atoms. The van der Waals surface area contributed by atoms with Crippen molar-refractivity contribution in [2.45, 2.75) is 30.6 Å². The van der Waals surface area contributed by atoms with Crippen LogP contribution in [0, 0.1) is 0 Å². The number of hydrogen-bond acceptors (Lipinski definition) is 6. The summed E-state index contributed by atoms with van der Waals surface area (Å²) in [5.74, 6) is 1.19. The van der Waals surface area contributed by atoms with E-state index in [0.29, 0.717) is 23.1 Å². The Morgan fingerprint density at radius 3 is 2.61 bits per heavy atom. The summed E-state index contributed by atoms with van der Waals surface area (Å²) in [7, 11) is -3.52. The normalized spacial score (nSPS) is 13.9. The number of anilines is 1. The highest BCUT2D eigenvalue weighted by Crippen LogP contribution is 2.23. The Bertz CT molecular complexity index is 1030. The van der Waals surface area contributed by atoms with Crippen molar-refractivity contribution in [2.75, 3.05) is 18.4 Å². The molecule has 0 aliphatic heterocycles. The zero-order chi connectivity index (χ0) is 19.4. The number of hydrogen-bond donors (Lipinski definition) is 2. The highest BCUT2D eigenvalue weighted by molar-refractivity contribution is 7.89. The molecule has 0 bridgehead atoms. The van der Waals surface area contributed by atoms with E-state index in [9.17, 15) is 8.42 Å². The van der Waals surface area contributed by atoms with Crippen molar-refractivity contribution >= 4 is 15.8 Å². The minimum atomic E-state index is -3.52. The average molecular weight is 398 g/mol. The first-order chi connectivity index (χ1) is 13.6. The minimum Gasteiger partial charge on any atom is -0.367 e. The first-order valence-corrected chi connectivity index (χ1v) is 10.8. The van der Waals surface area contributed by atoms with Crippen LogP contribution < -0.4 is 10.0 Å². The Kier molecular flexibility index (Phi) is 5.36. The van der Waals surface area contributed by atoms with Gasteiger partial charge in [0.1, 0.15) is 5.82 Å². The molecule has 4 rings (SSSR count). The number of aryl methyl sites for hydroxylation is 2. The molecular formula is C19H22N6O2S. The molecule has 1 aromatic carbocycles. The first kappa shape index (κ1) is 18.6. The van der Waals surface area contributed by atoms with E-state index < -0.39 is 10.0 Å². The molecule has 0 saturated carbocycles. The van der Waals surface area contributed by atoms with E-state index in [1.165, 1.54) is 12.0 Å². The van der Waals surface area contributed by atoms with Gasteiger partial charge in [-0.1, -0.05) is 6.07 Å². The fourth-order valence-electron chi connectivity index (χ4n) is 3.28. The van der Waals surface area contributed by atoms with E-state index in [2.05, 4.69) is 25.3 Å². The second-order valence-corrected chi connectivity index (χ2v) is 8.46. The maximum atomic E-state index is 12.5. The predicted molar refractivity (Wildman–Crippen MR) is 106 cm³/mol. The van der Waals surface area contributed by atoms with Gasteiger partial charge in [-0.3, -0.25) is 0 Å². The lowest BCUT2D eigenvalue weighted by Gasteiger charge is -2.16. The molecule has 0 saturated heterocycles. The van der Waals surface area contributed by atoms with Crippen molar-refractivity contribution in [1.29, 1.82) is 0 Å². The summed E-state index contributed by atoms with van der Waals surface area (Å²) in [5, 5.41) is 15.3. The van der Waals surface area contributed by atoms with Gasteiger partial charge >= 0.3 is 0 Å². The van der Waals surface area contributed by atoms with Gasteiger partial charge in [0, 0.05) is 25.5 Å². The van der Waals surface area contributed by atoms with Crippen molar-refractivity contribution in [3.63, 3.8) is 0 Å². The molecular weight excluding hydrogens is 376 g/mol.